The Labute approximate surface area is 173 Å². The lowest BCUT2D eigenvalue weighted by Gasteiger charge is -2.27. The molecule has 30 heavy (non-hydrogen) atoms. The summed E-state index contributed by atoms with van der Waals surface area (Å²) in [5, 5.41) is 13.4. The number of alkyl halides is 3. The zero-order chi connectivity index (χ0) is 21.6. The van der Waals surface area contributed by atoms with E-state index in [1.165, 1.54) is 6.07 Å². The maximum Gasteiger partial charge on any atom is 0.416 e. The first-order valence-corrected chi connectivity index (χ1v) is 9.87. The van der Waals surface area contributed by atoms with Gasteiger partial charge in [0.25, 0.3) is 0 Å². The van der Waals surface area contributed by atoms with Crippen LogP contribution in [-0.2, 0) is 11.0 Å². The van der Waals surface area contributed by atoms with Crippen LogP contribution in [0.1, 0.15) is 30.0 Å². The van der Waals surface area contributed by atoms with Gasteiger partial charge in [-0.1, -0.05) is 30.3 Å². The molecule has 2 unspecified atom stereocenters. The largest absolute Gasteiger partial charge is 0.491 e. The lowest BCUT2D eigenvalue weighted by Crippen LogP contribution is -2.40. The van der Waals surface area contributed by atoms with Gasteiger partial charge in [-0.3, -0.25) is 4.79 Å². The third-order valence-corrected chi connectivity index (χ3v) is 4.98. The smallest absolute Gasteiger partial charge is 0.416 e. The van der Waals surface area contributed by atoms with Gasteiger partial charge in [-0.2, -0.15) is 13.2 Å². The molecule has 1 amide bonds. The highest BCUT2D eigenvalue weighted by Crippen LogP contribution is 2.31. The van der Waals surface area contributed by atoms with Crippen LogP contribution in [0.4, 0.5) is 13.2 Å². The van der Waals surface area contributed by atoms with Crippen LogP contribution in [-0.4, -0.2) is 48.3 Å². The Morgan fingerprint density at radius 1 is 1.13 bits per heavy atom. The molecule has 8 heteroatoms. The van der Waals surface area contributed by atoms with Crippen molar-refractivity contribution in [2.45, 2.75) is 31.2 Å². The van der Waals surface area contributed by atoms with Gasteiger partial charge >= 0.3 is 6.18 Å². The first kappa shape index (κ1) is 22.1. The number of nitrogens with zero attached hydrogens (tertiary/aromatic N) is 1. The lowest BCUT2D eigenvalue weighted by atomic mass is 10.0. The van der Waals surface area contributed by atoms with Crippen molar-refractivity contribution < 1.29 is 27.8 Å². The van der Waals surface area contributed by atoms with E-state index < -0.39 is 23.9 Å². The summed E-state index contributed by atoms with van der Waals surface area (Å²) in [6.45, 7) is 0.965. The van der Waals surface area contributed by atoms with Gasteiger partial charge in [-0.15, -0.1) is 0 Å². The summed E-state index contributed by atoms with van der Waals surface area (Å²) in [5.74, 6) is 0.607. The molecule has 162 valence electrons. The van der Waals surface area contributed by atoms with Crippen LogP contribution in [0.5, 0.6) is 5.75 Å². The molecule has 1 aliphatic heterocycles. The Morgan fingerprint density at radius 3 is 2.57 bits per heavy atom. The van der Waals surface area contributed by atoms with E-state index >= 15 is 0 Å². The van der Waals surface area contributed by atoms with Crippen molar-refractivity contribution in [3.05, 3.63) is 65.7 Å². The third-order valence-electron chi connectivity index (χ3n) is 4.98. The molecule has 1 fully saturated rings. The Morgan fingerprint density at radius 2 is 1.90 bits per heavy atom. The first-order chi connectivity index (χ1) is 14.3. The van der Waals surface area contributed by atoms with Gasteiger partial charge in [0.2, 0.25) is 5.91 Å². The predicted octanol–water partition coefficient (Wildman–Crippen LogP) is 3.40. The number of aliphatic hydroxyl groups is 1. The van der Waals surface area contributed by atoms with Gasteiger partial charge in [-0.05, 0) is 36.2 Å². The van der Waals surface area contributed by atoms with Crippen LogP contribution >= 0.6 is 0 Å². The standard InChI is InChI=1S/C22H25F3N2O3/c23-22(24,25)17-7-4-6-16(12-17)20(14-27-11-5-10-21(27)29)26-13-18(28)15-30-19-8-2-1-3-9-19/h1-4,6-9,12,18,20,26,28H,5,10-11,13-15H2. The quantitative estimate of drug-likeness (QED) is 0.650. The number of ether oxygens (including phenoxy) is 1. The number of rotatable bonds is 9. The summed E-state index contributed by atoms with van der Waals surface area (Å²) < 4.78 is 44.9. The fourth-order valence-corrected chi connectivity index (χ4v) is 3.38. The summed E-state index contributed by atoms with van der Waals surface area (Å²) in [6, 6.07) is 13.5. The number of likely N-dealkylation sites (tertiary alicyclic amines) is 1. The monoisotopic (exact) mass is 422 g/mol. The first-order valence-electron chi connectivity index (χ1n) is 9.87. The maximum absolute atomic E-state index is 13.1. The number of hydrogen-bond donors (Lipinski definition) is 2. The molecule has 0 spiro atoms. The molecular weight excluding hydrogens is 397 g/mol. The SMILES string of the molecule is O=C1CCCN1CC(NCC(O)COc1ccccc1)c1cccc(C(F)(F)F)c1. The molecule has 0 bridgehead atoms. The molecular formula is C22H25F3N2O3. The second kappa shape index (κ2) is 9.95. The molecule has 2 aromatic carbocycles. The van der Waals surface area contributed by atoms with E-state index in [-0.39, 0.29) is 25.6 Å². The van der Waals surface area contributed by atoms with E-state index in [9.17, 15) is 23.1 Å². The molecule has 0 saturated carbocycles. The van der Waals surface area contributed by atoms with E-state index in [0.29, 0.717) is 24.3 Å². The Kier molecular flexibility index (Phi) is 7.33. The van der Waals surface area contributed by atoms with Gasteiger partial charge < -0.3 is 20.1 Å². The average molecular weight is 422 g/mol. The Hall–Kier alpha value is -2.58. The molecule has 5 nitrogen and oxygen atoms in total. The van der Waals surface area contributed by atoms with Crippen molar-refractivity contribution in [1.82, 2.24) is 10.2 Å². The van der Waals surface area contributed by atoms with Crippen LogP contribution in [0.3, 0.4) is 0 Å². The number of halogens is 3. The van der Waals surface area contributed by atoms with Gasteiger partial charge in [-0.25, -0.2) is 0 Å². The van der Waals surface area contributed by atoms with Crippen molar-refractivity contribution in [3.63, 3.8) is 0 Å². The van der Waals surface area contributed by atoms with Crippen molar-refractivity contribution in [2.75, 3.05) is 26.2 Å². The molecule has 2 atom stereocenters. The van der Waals surface area contributed by atoms with Gasteiger partial charge in [0.1, 0.15) is 18.5 Å². The van der Waals surface area contributed by atoms with Gasteiger partial charge in [0.15, 0.2) is 0 Å². The van der Waals surface area contributed by atoms with Crippen molar-refractivity contribution in [1.29, 1.82) is 0 Å². The third kappa shape index (κ3) is 6.21. The highest BCUT2D eigenvalue weighted by atomic mass is 19.4. The molecule has 2 N–H and O–H groups in total. The van der Waals surface area contributed by atoms with E-state index in [0.717, 1.165) is 18.6 Å². The van der Waals surface area contributed by atoms with Crippen molar-refractivity contribution in [2.24, 2.45) is 0 Å². The van der Waals surface area contributed by atoms with Crippen LogP contribution in [0, 0.1) is 0 Å². The molecule has 0 aromatic heterocycles. The fourth-order valence-electron chi connectivity index (χ4n) is 3.38. The number of carbonyl (C=O) groups is 1. The van der Waals surface area contributed by atoms with E-state index in [4.69, 9.17) is 4.74 Å². The Balaban J connectivity index is 1.66. The van der Waals surface area contributed by atoms with Crippen LogP contribution in [0.25, 0.3) is 0 Å². The maximum atomic E-state index is 13.1. The Bertz CT molecular complexity index is 830. The second-order valence-electron chi connectivity index (χ2n) is 7.31. The molecule has 1 aliphatic rings. The minimum atomic E-state index is -4.45. The number of aliphatic hydroxyl groups excluding tert-OH is 1. The summed E-state index contributed by atoms with van der Waals surface area (Å²) in [6.07, 6.45) is -4.13. The number of carbonyl (C=O) groups excluding carboxylic acids is 1. The molecule has 0 aliphatic carbocycles. The summed E-state index contributed by atoms with van der Waals surface area (Å²) >= 11 is 0. The average Bonchev–Trinajstić information content (AvgIpc) is 3.14. The number of benzene rings is 2. The number of nitrogens with one attached hydrogen (secondary N) is 1. The highest BCUT2D eigenvalue weighted by Gasteiger charge is 2.32. The summed E-state index contributed by atoms with van der Waals surface area (Å²) in [7, 11) is 0. The molecule has 3 rings (SSSR count). The second-order valence-corrected chi connectivity index (χ2v) is 7.31. The van der Waals surface area contributed by atoms with E-state index in [1.54, 1.807) is 23.1 Å². The predicted molar refractivity (Wildman–Crippen MR) is 106 cm³/mol. The van der Waals surface area contributed by atoms with E-state index in [2.05, 4.69) is 5.32 Å². The van der Waals surface area contributed by atoms with Gasteiger partial charge in [0, 0.05) is 32.1 Å². The number of hydrogen-bond acceptors (Lipinski definition) is 4. The van der Waals surface area contributed by atoms with Gasteiger partial charge in [0.05, 0.1) is 5.56 Å². The van der Waals surface area contributed by atoms with Crippen LogP contribution in [0.2, 0.25) is 0 Å². The van der Waals surface area contributed by atoms with Crippen molar-refractivity contribution >= 4 is 5.91 Å². The molecule has 1 heterocycles. The molecule has 2 aromatic rings. The topological polar surface area (TPSA) is 61.8 Å². The zero-order valence-electron chi connectivity index (χ0n) is 16.4. The number of amides is 1. The summed E-state index contributed by atoms with van der Waals surface area (Å²) in [4.78, 5) is 13.7. The molecule has 0 radical (unpaired) electrons. The van der Waals surface area contributed by atoms with Crippen molar-refractivity contribution in [3.8, 4) is 5.75 Å². The lowest BCUT2D eigenvalue weighted by molar-refractivity contribution is -0.137. The summed E-state index contributed by atoms with van der Waals surface area (Å²) in [5.41, 5.74) is -0.326. The minimum absolute atomic E-state index is 0.0123. The minimum Gasteiger partial charge on any atom is -0.491 e. The molecule has 1 saturated heterocycles. The zero-order valence-corrected chi connectivity index (χ0v) is 16.4. The number of para-hydroxylation sites is 1. The highest BCUT2D eigenvalue weighted by molar-refractivity contribution is 5.78. The van der Waals surface area contributed by atoms with E-state index in [1.807, 2.05) is 18.2 Å². The normalized spacial score (nSPS) is 16.5. The van der Waals surface area contributed by atoms with Crippen LogP contribution in [0.15, 0.2) is 54.6 Å². The van der Waals surface area contributed by atoms with Crippen LogP contribution < -0.4 is 10.1 Å². The fraction of sp³-hybridized carbons (Fsp3) is 0.409.